The number of pyridine rings is 1. The third kappa shape index (κ3) is 2.75. The molecule has 2 heteroatoms. The molecule has 0 aliphatic rings. The van der Waals surface area contributed by atoms with Gasteiger partial charge in [-0.15, -0.1) is 0 Å². The second-order valence-electron chi connectivity index (χ2n) is 4.85. The molecular weight excluding hydrogens is 246 g/mol. The van der Waals surface area contributed by atoms with Gasteiger partial charge in [0.25, 0.3) is 0 Å². The van der Waals surface area contributed by atoms with Gasteiger partial charge < -0.3 is 0 Å². The summed E-state index contributed by atoms with van der Waals surface area (Å²) >= 11 is 0. The van der Waals surface area contributed by atoms with Crippen molar-refractivity contribution in [2.24, 2.45) is 0 Å². The zero-order valence-corrected chi connectivity index (χ0v) is 11.1. The molecule has 0 spiro atoms. The Kier molecular flexibility index (Phi) is 3.55. The average molecular weight is 261 g/mol. The van der Waals surface area contributed by atoms with Gasteiger partial charge in [0.05, 0.1) is 0 Å². The first kappa shape index (κ1) is 12.5. The van der Waals surface area contributed by atoms with Gasteiger partial charge in [0.15, 0.2) is 0 Å². The average Bonchev–Trinajstić information content (AvgIpc) is 2.48. The summed E-state index contributed by atoms with van der Waals surface area (Å²) in [6.07, 6.45) is 2.57. The van der Waals surface area contributed by atoms with E-state index in [0.29, 0.717) is 12.8 Å². The fourth-order valence-electron chi connectivity index (χ4n) is 2.43. The third-order valence-corrected chi connectivity index (χ3v) is 3.37. The molecule has 20 heavy (non-hydrogen) atoms. The summed E-state index contributed by atoms with van der Waals surface area (Å²) in [4.78, 5) is 16.4. The number of aromatic nitrogens is 1. The Hall–Kier alpha value is -2.48. The molecule has 1 heterocycles. The normalized spacial score (nSPS) is 10.6. The summed E-state index contributed by atoms with van der Waals surface area (Å²) in [7, 11) is 0. The molecule has 2 nitrogen and oxygen atoms in total. The Morgan fingerprint density at radius 2 is 1.65 bits per heavy atom. The highest BCUT2D eigenvalue weighted by Gasteiger charge is 2.08. The highest BCUT2D eigenvalue weighted by atomic mass is 16.1. The monoisotopic (exact) mass is 261 g/mol. The second kappa shape index (κ2) is 5.66. The molecule has 0 saturated heterocycles. The molecule has 1 aromatic heterocycles. The minimum atomic E-state index is 0.194. The molecule has 0 N–H and O–H groups in total. The van der Waals surface area contributed by atoms with Crippen LogP contribution in [0.1, 0.15) is 11.3 Å². The van der Waals surface area contributed by atoms with Crippen LogP contribution in [0.2, 0.25) is 0 Å². The van der Waals surface area contributed by atoms with Crippen LogP contribution in [-0.2, 0) is 17.6 Å². The lowest BCUT2D eigenvalue weighted by Crippen LogP contribution is -2.07. The summed E-state index contributed by atoms with van der Waals surface area (Å²) in [5.41, 5.74) is 1.92. The number of benzene rings is 2. The number of carbonyl (C=O) groups excluding carboxylic acids is 1. The number of Topliss-reactive ketones (excluding diaryl/α,β-unsaturated/α-hetero) is 1. The van der Waals surface area contributed by atoms with Crippen LogP contribution < -0.4 is 0 Å². The van der Waals surface area contributed by atoms with Gasteiger partial charge in [0.1, 0.15) is 5.78 Å². The standard InChI is InChI=1S/C18H15NO/c20-17(13-16-9-3-4-11-19-16)12-15-8-5-7-14-6-1-2-10-18(14)15/h1-11H,12-13H2. The predicted molar refractivity (Wildman–Crippen MR) is 80.6 cm³/mol. The molecule has 0 aliphatic carbocycles. The zero-order chi connectivity index (χ0) is 13.8. The maximum Gasteiger partial charge on any atom is 0.143 e. The van der Waals surface area contributed by atoms with Crippen LogP contribution in [0, 0.1) is 0 Å². The van der Waals surface area contributed by atoms with Crippen molar-refractivity contribution in [3.63, 3.8) is 0 Å². The molecular formula is C18H15NO. The number of ketones is 1. The van der Waals surface area contributed by atoms with Crippen molar-refractivity contribution < 1.29 is 4.79 Å². The first-order chi connectivity index (χ1) is 9.83. The SMILES string of the molecule is O=C(Cc1ccccn1)Cc1cccc2ccccc12. The van der Waals surface area contributed by atoms with Crippen LogP contribution in [-0.4, -0.2) is 10.8 Å². The van der Waals surface area contributed by atoms with E-state index < -0.39 is 0 Å². The van der Waals surface area contributed by atoms with E-state index in [9.17, 15) is 4.79 Å². The highest BCUT2D eigenvalue weighted by molar-refractivity contribution is 5.91. The maximum atomic E-state index is 12.2. The van der Waals surface area contributed by atoms with E-state index in [4.69, 9.17) is 0 Å². The molecule has 0 fully saturated rings. The van der Waals surface area contributed by atoms with Crippen LogP contribution in [0.3, 0.4) is 0 Å². The van der Waals surface area contributed by atoms with Gasteiger partial charge in [-0.2, -0.15) is 0 Å². The summed E-state index contributed by atoms with van der Waals surface area (Å²) < 4.78 is 0. The summed E-state index contributed by atoms with van der Waals surface area (Å²) in [6, 6.07) is 19.9. The highest BCUT2D eigenvalue weighted by Crippen LogP contribution is 2.19. The Bertz CT molecular complexity index is 729. The molecule has 0 bridgehead atoms. The third-order valence-electron chi connectivity index (χ3n) is 3.37. The number of nitrogens with zero attached hydrogens (tertiary/aromatic N) is 1. The fraction of sp³-hybridized carbons (Fsp3) is 0.111. The lowest BCUT2D eigenvalue weighted by Gasteiger charge is -2.06. The van der Waals surface area contributed by atoms with E-state index in [1.54, 1.807) is 6.20 Å². The molecule has 0 aliphatic heterocycles. The molecule has 2 aromatic carbocycles. The van der Waals surface area contributed by atoms with Crippen LogP contribution in [0.4, 0.5) is 0 Å². The van der Waals surface area contributed by atoms with E-state index in [2.05, 4.69) is 23.2 Å². The Morgan fingerprint density at radius 1 is 0.850 bits per heavy atom. The predicted octanol–water partition coefficient (Wildman–Crippen LogP) is 3.59. The van der Waals surface area contributed by atoms with E-state index in [1.165, 1.54) is 5.39 Å². The van der Waals surface area contributed by atoms with Crippen LogP contribution in [0.15, 0.2) is 66.9 Å². The van der Waals surface area contributed by atoms with Crippen molar-refractivity contribution in [2.45, 2.75) is 12.8 Å². The summed E-state index contributed by atoms with van der Waals surface area (Å²) in [6.45, 7) is 0. The van der Waals surface area contributed by atoms with Gasteiger partial charge in [-0.05, 0) is 28.5 Å². The van der Waals surface area contributed by atoms with Crippen molar-refractivity contribution in [3.8, 4) is 0 Å². The molecule has 3 rings (SSSR count). The smallest absolute Gasteiger partial charge is 0.143 e. The van der Waals surface area contributed by atoms with Crippen LogP contribution in [0.25, 0.3) is 10.8 Å². The van der Waals surface area contributed by atoms with Crippen molar-refractivity contribution in [1.29, 1.82) is 0 Å². The molecule has 98 valence electrons. The van der Waals surface area contributed by atoms with Crippen LogP contribution in [0.5, 0.6) is 0 Å². The van der Waals surface area contributed by atoms with E-state index in [0.717, 1.165) is 16.6 Å². The van der Waals surface area contributed by atoms with Crippen molar-refractivity contribution in [3.05, 3.63) is 78.1 Å². The summed E-state index contributed by atoms with van der Waals surface area (Å²) in [5, 5.41) is 2.33. The first-order valence-electron chi connectivity index (χ1n) is 6.71. The molecule has 0 radical (unpaired) electrons. The maximum absolute atomic E-state index is 12.2. The lowest BCUT2D eigenvalue weighted by molar-refractivity contribution is -0.117. The molecule has 0 unspecified atom stereocenters. The van der Waals surface area contributed by atoms with Crippen molar-refractivity contribution in [2.75, 3.05) is 0 Å². The zero-order valence-electron chi connectivity index (χ0n) is 11.1. The van der Waals surface area contributed by atoms with Gasteiger partial charge >= 0.3 is 0 Å². The number of rotatable bonds is 4. The first-order valence-corrected chi connectivity index (χ1v) is 6.71. The van der Waals surface area contributed by atoms with E-state index in [-0.39, 0.29) is 5.78 Å². The van der Waals surface area contributed by atoms with Gasteiger partial charge in [-0.3, -0.25) is 9.78 Å². The second-order valence-corrected chi connectivity index (χ2v) is 4.85. The van der Waals surface area contributed by atoms with Gasteiger partial charge in [-0.25, -0.2) is 0 Å². The van der Waals surface area contributed by atoms with Gasteiger partial charge in [0.2, 0.25) is 0 Å². The fourth-order valence-corrected chi connectivity index (χ4v) is 2.43. The minimum absolute atomic E-state index is 0.194. The Morgan fingerprint density at radius 3 is 2.50 bits per heavy atom. The van der Waals surface area contributed by atoms with Gasteiger partial charge in [0, 0.05) is 24.7 Å². The Labute approximate surface area is 118 Å². The number of hydrogen-bond acceptors (Lipinski definition) is 2. The van der Waals surface area contributed by atoms with E-state index >= 15 is 0 Å². The number of fused-ring (bicyclic) bond motifs is 1. The lowest BCUT2D eigenvalue weighted by atomic mass is 9.99. The van der Waals surface area contributed by atoms with Gasteiger partial charge in [-0.1, -0.05) is 48.5 Å². The summed E-state index contributed by atoms with van der Waals surface area (Å²) in [5.74, 6) is 0.194. The number of hydrogen-bond donors (Lipinski definition) is 0. The van der Waals surface area contributed by atoms with Crippen molar-refractivity contribution >= 4 is 16.6 Å². The molecule has 0 saturated carbocycles. The largest absolute Gasteiger partial charge is 0.299 e. The molecule has 0 amide bonds. The quantitative estimate of drug-likeness (QED) is 0.718. The van der Waals surface area contributed by atoms with E-state index in [1.807, 2.05) is 42.5 Å². The molecule has 0 atom stereocenters. The van der Waals surface area contributed by atoms with Crippen LogP contribution >= 0.6 is 0 Å². The van der Waals surface area contributed by atoms with Crippen molar-refractivity contribution in [1.82, 2.24) is 4.98 Å². The Balaban J connectivity index is 1.81. The molecule has 3 aromatic rings. The topological polar surface area (TPSA) is 30.0 Å². The minimum Gasteiger partial charge on any atom is -0.299 e. The number of carbonyl (C=O) groups is 1.